The summed E-state index contributed by atoms with van der Waals surface area (Å²) in [6.07, 6.45) is -0.00649. The number of carbonyl (C=O) groups is 2. The van der Waals surface area contributed by atoms with Crippen LogP contribution in [0.1, 0.15) is 24.0 Å². The molecule has 0 aliphatic rings. The van der Waals surface area contributed by atoms with Crippen molar-refractivity contribution in [3.05, 3.63) is 47.5 Å². The molecule has 0 unspecified atom stereocenters. The lowest BCUT2D eigenvalue weighted by molar-refractivity contribution is -0.126. The first-order valence-corrected chi connectivity index (χ1v) is 7.90. The molecule has 2 aromatic carbocycles. The Kier molecular flexibility index (Phi) is 6.26. The smallest absolute Gasteiger partial charge is 0.220 e. The van der Waals surface area contributed by atoms with Gasteiger partial charge >= 0.3 is 0 Å². The normalized spacial score (nSPS) is 10.3. The molecule has 6 N–H and O–H groups in total. The molecule has 0 heterocycles. The van der Waals surface area contributed by atoms with E-state index in [0.29, 0.717) is 11.1 Å². The fraction of sp³-hybridized carbons (Fsp3) is 0.222. The first-order valence-electron chi connectivity index (χ1n) is 7.90. The van der Waals surface area contributed by atoms with Gasteiger partial charge in [0.15, 0.2) is 23.0 Å². The quantitative estimate of drug-likeness (QED) is 0.411. The summed E-state index contributed by atoms with van der Waals surface area (Å²) in [5.41, 5.74) is 1.23. The lowest BCUT2D eigenvalue weighted by Crippen LogP contribution is -2.27. The number of nitrogens with one attached hydrogen (secondary N) is 2. The Morgan fingerprint density at radius 1 is 0.654 bits per heavy atom. The zero-order chi connectivity index (χ0) is 19.1. The van der Waals surface area contributed by atoms with Gasteiger partial charge in [0.05, 0.1) is 0 Å². The van der Waals surface area contributed by atoms with E-state index in [4.69, 9.17) is 0 Å². The van der Waals surface area contributed by atoms with Crippen molar-refractivity contribution in [1.29, 1.82) is 0 Å². The highest BCUT2D eigenvalue weighted by atomic mass is 16.3. The molecule has 0 atom stereocenters. The van der Waals surface area contributed by atoms with Crippen LogP contribution in [0.2, 0.25) is 0 Å². The molecule has 8 heteroatoms. The minimum absolute atomic E-state index is 0.00325. The Hall–Kier alpha value is -3.42. The van der Waals surface area contributed by atoms with Crippen molar-refractivity contribution < 1.29 is 30.0 Å². The van der Waals surface area contributed by atoms with Gasteiger partial charge < -0.3 is 31.1 Å². The highest BCUT2D eigenvalue weighted by Crippen LogP contribution is 2.25. The molecule has 0 saturated heterocycles. The van der Waals surface area contributed by atoms with Crippen LogP contribution in [0.4, 0.5) is 0 Å². The van der Waals surface area contributed by atoms with Crippen LogP contribution in [0.3, 0.4) is 0 Å². The van der Waals surface area contributed by atoms with Crippen molar-refractivity contribution in [2.75, 3.05) is 0 Å². The molecule has 0 aliphatic carbocycles. The standard InChI is InChI=1S/C18H20N2O6/c21-13-3-1-11(7-15(13)23)9-19-17(25)5-6-18(26)20-10-12-2-4-14(22)16(24)8-12/h1-4,7-8,21-24H,5-6,9-10H2,(H,19,25)(H,20,26). The Bertz CT molecular complexity index is 739. The van der Waals surface area contributed by atoms with Crippen LogP contribution < -0.4 is 10.6 Å². The van der Waals surface area contributed by atoms with Gasteiger partial charge in [-0.25, -0.2) is 0 Å². The Labute approximate surface area is 149 Å². The molecule has 2 rings (SSSR count). The molecule has 26 heavy (non-hydrogen) atoms. The largest absolute Gasteiger partial charge is 0.504 e. The first kappa shape index (κ1) is 18.9. The third-order valence-electron chi connectivity index (χ3n) is 3.64. The summed E-state index contributed by atoms with van der Waals surface area (Å²) in [4.78, 5) is 23.5. The fourth-order valence-corrected chi connectivity index (χ4v) is 2.16. The van der Waals surface area contributed by atoms with E-state index in [1.165, 1.54) is 24.3 Å². The van der Waals surface area contributed by atoms with Gasteiger partial charge in [0.2, 0.25) is 11.8 Å². The number of benzene rings is 2. The maximum atomic E-state index is 11.8. The summed E-state index contributed by atoms with van der Waals surface area (Å²) >= 11 is 0. The van der Waals surface area contributed by atoms with E-state index < -0.39 is 0 Å². The van der Waals surface area contributed by atoms with Crippen LogP contribution in [0.15, 0.2) is 36.4 Å². The molecule has 0 radical (unpaired) electrons. The zero-order valence-corrected chi connectivity index (χ0v) is 13.9. The predicted molar refractivity (Wildman–Crippen MR) is 92.5 cm³/mol. The molecule has 8 nitrogen and oxygen atoms in total. The molecule has 138 valence electrons. The van der Waals surface area contributed by atoms with E-state index in [9.17, 15) is 30.0 Å². The Morgan fingerprint density at radius 2 is 1.04 bits per heavy atom. The van der Waals surface area contributed by atoms with Crippen molar-refractivity contribution in [3.8, 4) is 23.0 Å². The second-order valence-electron chi connectivity index (χ2n) is 5.70. The monoisotopic (exact) mass is 360 g/mol. The van der Waals surface area contributed by atoms with Gasteiger partial charge in [-0.1, -0.05) is 12.1 Å². The molecule has 0 aliphatic heterocycles. The lowest BCUT2D eigenvalue weighted by atomic mass is 10.2. The van der Waals surface area contributed by atoms with Gasteiger partial charge in [-0.3, -0.25) is 9.59 Å². The maximum Gasteiger partial charge on any atom is 0.220 e. The minimum atomic E-state index is -0.324. The van der Waals surface area contributed by atoms with Crippen molar-refractivity contribution in [2.24, 2.45) is 0 Å². The van der Waals surface area contributed by atoms with Crippen LogP contribution in [0.25, 0.3) is 0 Å². The van der Waals surface area contributed by atoms with Crippen molar-refractivity contribution in [2.45, 2.75) is 25.9 Å². The van der Waals surface area contributed by atoms with Gasteiger partial charge in [-0.15, -0.1) is 0 Å². The molecular weight excluding hydrogens is 340 g/mol. The average molecular weight is 360 g/mol. The number of hydrogen-bond acceptors (Lipinski definition) is 6. The number of aromatic hydroxyl groups is 4. The lowest BCUT2D eigenvalue weighted by Gasteiger charge is -2.08. The second kappa shape index (κ2) is 8.61. The molecule has 0 bridgehead atoms. The highest BCUT2D eigenvalue weighted by molar-refractivity contribution is 5.83. The van der Waals surface area contributed by atoms with Gasteiger partial charge in [0, 0.05) is 25.9 Å². The summed E-state index contributed by atoms with van der Waals surface area (Å²) in [6.45, 7) is 0.335. The van der Waals surface area contributed by atoms with E-state index >= 15 is 0 Å². The molecule has 0 spiro atoms. The number of carbonyl (C=O) groups excluding carboxylic acids is 2. The summed E-state index contributed by atoms with van der Waals surface area (Å²) in [6, 6.07) is 8.46. The summed E-state index contributed by atoms with van der Waals surface area (Å²) in [7, 11) is 0. The van der Waals surface area contributed by atoms with E-state index in [1.54, 1.807) is 12.1 Å². The maximum absolute atomic E-state index is 11.8. The van der Waals surface area contributed by atoms with E-state index in [1.807, 2.05) is 0 Å². The summed E-state index contributed by atoms with van der Waals surface area (Å²) < 4.78 is 0. The fourth-order valence-electron chi connectivity index (χ4n) is 2.16. The summed E-state index contributed by atoms with van der Waals surface area (Å²) in [5.74, 6) is -1.66. The topological polar surface area (TPSA) is 139 Å². The van der Waals surface area contributed by atoms with Crippen molar-refractivity contribution in [1.82, 2.24) is 10.6 Å². The SMILES string of the molecule is O=C(CCC(=O)NCc1ccc(O)c(O)c1)NCc1ccc(O)c(O)c1. The van der Waals surface area contributed by atoms with Crippen molar-refractivity contribution >= 4 is 11.8 Å². The van der Waals surface area contributed by atoms with Crippen LogP contribution >= 0.6 is 0 Å². The van der Waals surface area contributed by atoms with Crippen LogP contribution in [-0.2, 0) is 22.7 Å². The van der Waals surface area contributed by atoms with Crippen LogP contribution in [0.5, 0.6) is 23.0 Å². The van der Waals surface area contributed by atoms with Gasteiger partial charge in [-0.2, -0.15) is 0 Å². The number of phenols is 4. The number of amides is 2. The average Bonchev–Trinajstić information content (AvgIpc) is 2.62. The molecular formula is C18H20N2O6. The van der Waals surface area contributed by atoms with Gasteiger partial charge in [0.25, 0.3) is 0 Å². The Balaban J connectivity index is 1.70. The molecule has 0 fully saturated rings. The van der Waals surface area contributed by atoms with E-state index in [0.717, 1.165) is 0 Å². The first-order chi connectivity index (χ1) is 12.3. The number of hydrogen-bond donors (Lipinski definition) is 6. The number of rotatable bonds is 7. The molecule has 0 aromatic heterocycles. The minimum Gasteiger partial charge on any atom is -0.504 e. The second-order valence-corrected chi connectivity index (χ2v) is 5.70. The Morgan fingerprint density at radius 3 is 1.38 bits per heavy atom. The third kappa shape index (κ3) is 5.59. The third-order valence-corrected chi connectivity index (χ3v) is 3.64. The van der Waals surface area contributed by atoms with Crippen LogP contribution in [0, 0.1) is 0 Å². The molecule has 2 aromatic rings. The zero-order valence-electron chi connectivity index (χ0n) is 13.9. The molecule has 2 amide bonds. The highest BCUT2D eigenvalue weighted by Gasteiger charge is 2.08. The van der Waals surface area contributed by atoms with Gasteiger partial charge in [0.1, 0.15) is 0 Å². The van der Waals surface area contributed by atoms with E-state index in [-0.39, 0.29) is 60.7 Å². The molecule has 0 saturated carbocycles. The summed E-state index contributed by atoms with van der Waals surface area (Å²) in [5, 5.41) is 42.4. The van der Waals surface area contributed by atoms with Crippen LogP contribution in [-0.4, -0.2) is 32.2 Å². The number of phenolic OH excluding ortho intramolecular Hbond substituents is 4. The van der Waals surface area contributed by atoms with Crippen molar-refractivity contribution in [3.63, 3.8) is 0 Å². The van der Waals surface area contributed by atoms with E-state index in [2.05, 4.69) is 10.6 Å². The predicted octanol–water partition coefficient (Wildman–Crippen LogP) is 1.22. The van der Waals surface area contributed by atoms with Gasteiger partial charge in [-0.05, 0) is 35.4 Å².